The second kappa shape index (κ2) is 9.72. The van der Waals surface area contributed by atoms with E-state index in [2.05, 4.69) is 35.2 Å². The van der Waals surface area contributed by atoms with Crippen molar-refractivity contribution in [1.29, 1.82) is 0 Å². The molecule has 6 heteroatoms. The Kier molecular flexibility index (Phi) is 7.07. The van der Waals surface area contributed by atoms with Crippen LogP contribution in [0.25, 0.3) is 0 Å². The number of pyridine rings is 2. The van der Waals surface area contributed by atoms with E-state index in [9.17, 15) is 4.79 Å². The van der Waals surface area contributed by atoms with E-state index in [1.165, 1.54) is 5.56 Å². The first-order valence-corrected chi connectivity index (χ1v) is 10.4. The number of carbonyl (C=O) groups is 1. The molecule has 1 fully saturated rings. The highest BCUT2D eigenvalue weighted by Gasteiger charge is 2.29. The number of ether oxygens (including phenoxy) is 2. The highest BCUT2D eigenvalue weighted by Crippen LogP contribution is 2.39. The lowest BCUT2D eigenvalue weighted by molar-refractivity contribution is 0.0909. The van der Waals surface area contributed by atoms with Crippen LogP contribution in [0.15, 0.2) is 30.6 Å². The van der Waals surface area contributed by atoms with Crippen molar-refractivity contribution in [3.05, 3.63) is 47.3 Å². The van der Waals surface area contributed by atoms with Gasteiger partial charge in [-0.25, -0.2) is 9.97 Å². The Bertz CT molecular complexity index is 815. The largest absolute Gasteiger partial charge is 0.481 e. The molecular formula is C23H31N3O3. The molecule has 0 aromatic carbocycles. The summed E-state index contributed by atoms with van der Waals surface area (Å²) in [5.74, 6) is 2.19. The molecule has 2 aromatic heterocycles. The average Bonchev–Trinajstić information content (AvgIpc) is 2.77. The Morgan fingerprint density at radius 2 is 1.90 bits per heavy atom. The summed E-state index contributed by atoms with van der Waals surface area (Å²) in [5.41, 5.74) is 3.06. The second-order valence-electron chi connectivity index (χ2n) is 7.72. The van der Waals surface area contributed by atoms with Crippen LogP contribution in [0.2, 0.25) is 0 Å². The number of hydrogen-bond donors (Lipinski definition) is 1. The highest BCUT2D eigenvalue weighted by atomic mass is 16.5. The SMILES string of the molecule is CCC(NC(=O)c1ccc(OC)nc1)[C@H]1CC[C@@H](c2ccnc(OC)c2C)CC1. The maximum Gasteiger partial charge on any atom is 0.253 e. The topological polar surface area (TPSA) is 73.3 Å². The molecule has 29 heavy (non-hydrogen) atoms. The van der Waals surface area contributed by atoms with Crippen molar-refractivity contribution >= 4 is 5.91 Å². The summed E-state index contributed by atoms with van der Waals surface area (Å²) in [4.78, 5) is 21.1. The standard InChI is InChI=1S/C23H31N3O3/c1-5-20(26-22(27)18-10-11-21(28-3)25-14-18)17-8-6-16(7-9-17)19-12-13-24-23(29-4)15(19)2/h10-14,16-17,20H,5-9H2,1-4H3,(H,26,27)/t16-,17+,20?. The van der Waals surface area contributed by atoms with Crippen molar-refractivity contribution in [3.8, 4) is 11.8 Å². The number of carbonyl (C=O) groups excluding carboxylic acids is 1. The fourth-order valence-corrected chi connectivity index (χ4v) is 4.45. The molecule has 0 bridgehead atoms. The first kappa shape index (κ1) is 21.1. The molecule has 0 aliphatic heterocycles. The Morgan fingerprint density at radius 1 is 1.14 bits per heavy atom. The molecule has 2 heterocycles. The maximum atomic E-state index is 12.6. The van der Waals surface area contributed by atoms with E-state index in [4.69, 9.17) is 9.47 Å². The maximum absolute atomic E-state index is 12.6. The van der Waals surface area contributed by atoms with Gasteiger partial charge in [0, 0.05) is 30.1 Å². The lowest BCUT2D eigenvalue weighted by Crippen LogP contribution is -2.41. The normalized spacial score (nSPS) is 20.0. The summed E-state index contributed by atoms with van der Waals surface area (Å²) in [6.45, 7) is 4.23. The van der Waals surface area contributed by atoms with E-state index < -0.39 is 0 Å². The van der Waals surface area contributed by atoms with Crippen molar-refractivity contribution in [3.63, 3.8) is 0 Å². The third-order valence-corrected chi connectivity index (χ3v) is 6.14. The van der Waals surface area contributed by atoms with Gasteiger partial charge in [-0.1, -0.05) is 6.92 Å². The van der Waals surface area contributed by atoms with Crippen molar-refractivity contribution in [2.75, 3.05) is 14.2 Å². The Balaban J connectivity index is 1.60. The molecule has 0 radical (unpaired) electrons. The molecule has 1 amide bonds. The number of methoxy groups -OCH3 is 2. The van der Waals surface area contributed by atoms with Gasteiger partial charge >= 0.3 is 0 Å². The molecule has 1 aliphatic rings. The third kappa shape index (κ3) is 4.86. The Morgan fingerprint density at radius 3 is 2.48 bits per heavy atom. The zero-order valence-electron chi connectivity index (χ0n) is 17.8. The summed E-state index contributed by atoms with van der Waals surface area (Å²) in [6.07, 6.45) is 8.78. The van der Waals surface area contributed by atoms with Gasteiger partial charge in [-0.05, 0) is 68.6 Å². The fourth-order valence-electron chi connectivity index (χ4n) is 4.45. The minimum atomic E-state index is -0.0659. The first-order chi connectivity index (χ1) is 14.1. The smallest absolute Gasteiger partial charge is 0.253 e. The number of amides is 1. The van der Waals surface area contributed by atoms with Crippen LogP contribution in [0.5, 0.6) is 11.8 Å². The molecule has 156 valence electrons. The van der Waals surface area contributed by atoms with Crippen LogP contribution in [0, 0.1) is 12.8 Å². The number of hydrogen-bond acceptors (Lipinski definition) is 5. The Hall–Kier alpha value is -2.63. The monoisotopic (exact) mass is 397 g/mol. The molecule has 1 atom stereocenters. The van der Waals surface area contributed by atoms with Gasteiger partial charge in [-0.15, -0.1) is 0 Å². The molecule has 0 spiro atoms. The molecule has 3 rings (SSSR count). The van der Waals surface area contributed by atoms with Crippen LogP contribution < -0.4 is 14.8 Å². The van der Waals surface area contributed by atoms with E-state index in [-0.39, 0.29) is 11.9 Å². The Labute approximate surface area is 173 Å². The van der Waals surface area contributed by atoms with Crippen LogP contribution >= 0.6 is 0 Å². The number of aromatic nitrogens is 2. The molecule has 1 unspecified atom stereocenters. The molecule has 6 nitrogen and oxygen atoms in total. The molecule has 1 N–H and O–H groups in total. The summed E-state index contributed by atoms with van der Waals surface area (Å²) >= 11 is 0. The lowest BCUT2D eigenvalue weighted by atomic mass is 9.75. The number of nitrogens with zero attached hydrogens (tertiary/aromatic N) is 2. The average molecular weight is 398 g/mol. The zero-order valence-corrected chi connectivity index (χ0v) is 17.8. The van der Waals surface area contributed by atoms with E-state index in [1.54, 1.807) is 32.5 Å². The minimum Gasteiger partial charge on any atom is -0.481 e. The van der Waals surface area contributed by atoms with Gasteiger partial charge in [-0.3, -0.25) is 4.79 Å². The van der Waals surface area contributed by atoms with Crippen molar-refractivity contribution in [2.45, 2.75) is 57.9 Å². The first-order valence-electron chi connectivity index (χ1n) is 10.4. The molecule has 1 aliphatic carbocycles. The van der Waals surface area contributed by atoms with Gasteiger partial charge in [0.15, 0.2) is 0 Å². The van der Waals surface area contributed by atoms with E-state index in [0.717, 1.165) is 43.5 Å². The van der Waals surface area contributed by atoms with E-state index in [0.29, 0.717) is 23.3 Å². The van der Waals surface area contributed by atoms with Crippen LogP contribution in [0.4, 0.5) is 0 Å². The van der Waals surface area contributed by atoms with Gasteiger partial charge < -0.3 is 14.8 Å². The predicted molar refractivity (Wildman–Crippen MR) is 113 cm³/mol. The summed E-state index contributed by atoms with van der Waals surface area (Å²) in [6, 6.07) is 5.77. The van der Waals surface area contributed by atoms with Crippen LogP contribution in [-0.4, -0.2) is 36.1 Å². The van der Waals surface area contributed by atoms with Crippen molar-refractivity contribution in [1.82, 2.24) is 15.3 Å². The van der Waals surface area contributed by atoms with E-state index >= 15 is 0 Å². The summed E-state index contributed by atoms with van der Waals surface area (Å²) < 4.78 is 10.4. The van der Waals surface area contributed by atoms with E-state index in [1.807, 2.05) is 6.20 Å². The summed E-state index contributed by atoms with van der Waals surface area (Å²) in [5, 5.41) is 3.22. The lowest BCUT2D eigenvalue weighted by Gasteiger charge is -2.34. The quantitative estimate of drug-likeness (QED) is 0.755. The minimum absolute atomic E-state index is 0.0659. The van der Waals surface area contributed by atoms with Gasteiger partial charge in [0.2, 0.25) is 11.8 Å². The van der Waals surface area contributed by atoms with Crippen molar-refractivity contribution in [2.24, 2.45) is 5.92 Å². The highest BCUT2D eigenvalue weighted by molar-refractivity contribution is 5.94. The van der Waals surface area contributed by atoms with Crippen LogP contribution in [0.1, 0.15) is 66.4 Å². The van der Waals surface area contributed by atoms with Gasteiger partial charge in [-0.2, -0.15) is 0 Å². The number of nitrogens with one attached hydrogen (secondary N) is 1. The molecule has 1 saturated carbocycles. The molecule has 2 aromatic rings. The van der Waals surface area contributed by atoms with Gasteiger partial charge in [0.25, 0.3) is 5.91 Å². The number of rotatable bonds is 7. The predicted octanol–water partition coefficient (Wildman–Crippen LogP) is 4.28. The molecular weight excluding hydrogens is 366 g/mol. The second-order valence-corrected chi connectivity index (χ2v) is 7.72. The summed E-state index contributed by atoms with van der Waals surface area (Å²) in [7, 11) is 3.23. The third-order valence-electron chi connectivity index (χ3n) is 6.14. The van der Waals surface area contributed by atoms with Gasteiger partial charge in [0.05, 0.1) is 19.8 Å². The zero-order chi connectivity index (χ0) is 20.8. The van der Waals surface area contributed by atoms with Gasteiger partial charge in [0.1, 0.15) is 0 Å². The molecule has 0 saturated heterocycles. The van der Waals surface area contributed by atoms with Crippen molar-refractivity contribution < 1.29 is 14.3 Å². The fraction of sp³-hybridized carbons (Fsp3) is 0.522. The van der Waals surface area contributed by atoms with Crippen LogP contribution in [-0.2, 0) is 0 Å². The van der Waals surface area contributed by atoms with Crippen LogP contribution in [0.3, 0.4) is 0 Å².